The van der Waals surface area contributed by atoms with E-state index in [0.717, 1.165) is 5.56 Å². The lowest BCUT2D eigenvalue weighted by molar-refractivity contribution is -0.141. The molecular weight excluding hydrogens is 333 g/mol. The summed E-state index contributed by atoms with van der Waals surface area (Å²) in [6.45, 7) is 0.588. The number of carboxylic acid groups (broad SMARTS) is 1. The Balaban J connectivity index is 1.73. The van der Waals surface area contributed by atoms with Crippen molar-refractivity contribution < 1.29 is 19.0 Å². The van der Waals surface area contributed by atoms with Gasteiger partial charge in [-0.15, -0.1) is 0 Å². The highest BCUT2D eigenvalue weighted by atomic mass is 35.5. The maximum Gasteiger partial charge on any atom is 0.307 e. The first-order chi connectivity index (χ1) is 11.5. The van der Waals surface area contributed by atoms with Gasteiger partial charge in [-0.1, -0.05) is 41.9 Å². The number of nitrogens with one attached hydrogen (secondary N) is 1. The molecule has 2 atom stereocenters. The Morgan fingerprint density at radius 2 is 2.08 bits per heavy atom. The van der Waals surface area contributed by atoms with Crippen LogP contribution in [0.2, 0.25) is 5.02 Å². The molecule has 0 amide bonds. The van der Waals surface area contributed by atoms with E-state index in [1.165, 1.54) is 6.07 Å². The van der Waals surface area contributed by atoms with Crippen LogP contribution in [0.15, 0.2) is 42.5 Å². The number of hydrogen-bond acceptors (Lipinski definition) is 3. The molecule has 2 N–H and O–H groups in total. The van der Waals surface area contributed by atoms with Crippen molar-refractivity contribution in [3.8, 4) is 5.75 Å². The van der Waals surface area contributed by atoms with E-state index in [-0.39, 0.29) is 23.4 Å². The molecule has 1 heterocycles. The summed E-state index contributed by atoms with van der Waals surface area (Å²) in [5.41, 5.74) is 1.55. The van der Waals surface area contributed by atoms with Gasteiger partial charge in [0.15, 0.2) is 11.6 Å². The van der Waals surface area contributed by atoms with Gasteiger partial charge in [-0.05, 0) is 29.7 Å². The zero-order chi connectivity index (χ0) is 17.1. The van der Waals surface area contributed by atoms with Crippen molar-refractivity contribution in [1.29, 1.82) is 0 Å². The van der Waals surface area contributed by atoms with E-state index in [1.54, 1.807) is 6.07 Å². The molecule has 126 valence electrons. The first-order valence-corrected chi connectivity index (χ1v) is 8.04. The van der Waals surface area contributed by atoms with Crippen molar-refractivity contribution >= 4 is 17.6 Å². The highest BCUT2D eigenvalue weighted by molar-refractivity contribution is 6.32. The number of carboxylic acids is 1. The number of ether oxygens (including phenoxy) is 1. The summed E-state index contributed by atoms with van der Waals surface area (Å²) in [4.78, 5) is 11.0. The van der Waals surface area contributed by atoms with Gasteiger partial charge in [0.1, 0.15) is 6.61 Å². The molecule has 24 heavy (non-hydrogen) atoms. The molecule has 1 aliphatic heterocycles. The summed E-state index contributed by atoms with van der Waals surface area (Å²) >= 11 is 6.17. The van der Waals surface area contributed by atoms with Crippen LogP contribution in [0.4, 0.5) is 4.39 Å². The van der Waals surface area contributed by atoms with Gasteiger partial charge < -0.3 is 15.2 Å². The van der Waals surface area contributed by atoms with Gasteiger partial charge in [0.05, 0.1) is 10.9 Å². The molecule has 0 spiro atoms. The van der Waals surface area contributed by atoms with Gasteiger partial charge in [0.2, 0.25) is 0 Å². The number of halogens is 2. The Morgan fingerprint density at radius 3 is 2.71 bits per heavy atom. The number of hydrogen-bond donors (Lipinski definition) is 2. The van der Waals surface area contributed by atoms with Gasteiger partial charge in [0.25, 0.3) is 0 Å². The molecule has 0 saturated carbocycles. The zero-order valence-corrected chi connectivity index (χ0v) is 13.6. The van der Waals surface area contributed by atoms with Crippen LogP contribution in [0.25, 0.3) is 0 Å². The normalized spacial score (nSPS) is 20.1. The second-order valence-electron chi connectivity index (χ2n) is 5.82. The van der Waals surface area contributed by atoms with Crippen LogP contribution in [-0.2, 0) is 11.4 Å². The summed E-state index contributed by atoms with van der Waals surface area (Å²) < 4.78 is 19.9. The van der Waals surface area contributed by atoms with E-state index in [0.29, 0.717) is 18.5 Å². The van der Waals surface area contributed by atoms with E-state index in [1.807, 2.05) is 30.3 Å². The minimum atomic E-state index is -0.848. The predicted octanol–water partition coefficient (Wildman–Crippen LogP) is 3.79. The third-order valence-corrected chi connectivity index (χ3v) is 4.41. The lowest BCUT2D eigenvalue weighted by Gasteiger charge is -2.15. The lowest BCUT2D eigenvalue weighted by Crippen LogP contribution is -2.17. The molecule has 0 aliphatic carbocycles. The second-order valence-corrected chi connectivity index (χ2v) is 6.23. The molecular formula is C18H17ClFNO3. The van der Waals surface area contributed by atoms with Crippen molar-refractivity contribution in [3.05, 3.63) is 64.4 Å². The number of rotatable bonds is 5. The largest absolute Gasteiger partial charge is 0.484 e. The summed E-state index contributed by atoms with van der Waals surface area (Å²) in [6, 6.07) is 12.2. The average molecular weight is 350 g/mol. The fraction of sp³-hybridized carbons (Fsp3) is 0.278. The molecule has 2 unspecified atom stereocenters. The molecule has 3 rings (SSSR count). The summed E-state index contributed by atoms with van der Waals surface area (Å²) in [7, 11) is 0. The van der Waals surface area contributed by atoms with Gasteiger partial charge in [-0.3, -0.25) is 4.79 Å². The molecule has 6 heteroatoms. The van der Waals surface area contributed by atoms with Crippen LogP contribution in [0.1, 0.15) is 23.6 Å². The van der Waals surface area contributed by atoms with Crippen molar-refractivity contribution in [2.75, 3.05) is 6.54 Å². The van der Waals surface area contributed by atoms with Crippen LogP contribution in [0.5, 0.6) is 5.75 Å². The first-order valence-electron chi connectivity index (χ1n) is 7.66. The van der Waals surface area contributed by atoms with E-state index >= 15 is 0 Å². The van der Waals surface area contributed by atoms with E-state index in [2.05, 4.69) is 5.32 Å². The molecule has 2 aromatic rings. The Labute approximate surface area is 144 Å². The van der Waals surface area contributed by atoms with Crippen LogP contribution in [0.3, 0.4) is 0 Å². The number of aliphatic carboxylic acids is 1. The van der Waals surface area contributed by atoms with Crippen LogP contribution < -0.4 is 10.1 Å². The standard InChI is InChI=1S/C18H17ClFNO3/c19-14-6-12(16-8-13(9-21-16)18(22)23)7-15(20)17(14)24-10-11-4-2-1-3-5-11/h1-7,13,16,21H,8-10H2,(H,22,23). The van der Waals surface area contributed by atoms with Crippen molar-refractivity contribution in [3.63, 3.8) is 0 Å². The molecule has 1 fully saturated rings. The van der Waals surface area contributed by atoms with Crippen molar-refractivity contribution in [2.45, 2.75) is 19.1 Å². The second kappa shape index (κ2) is 7.20. The highest BCUT2D eigenvalue weighted by Gasteiger charge is 2.31. The summed E-state index contributed by atoms with van der Waals surface area (Å²) in [6.07, 6.45) is 0.412. The van der Waals surface area contributed by atoms with E-state index in [9.17, 15) is 9.18 Å². The third kappa shape index (κ3) is 3.68. The van der Waals surface area contributed by atoms with E-state index < -0.39 is 17.7 Å². The maximum absolute atomic E-state index is 14.4. The monoisotopic (exact) mass is 349 g/mol. The SMILES string of the molecule is O=C(O)C1CNC(c2cc(F)c(OCc3ccccc3)c(Cl)c2)C1. The highest BCUT2D eigenvalue weighted by Crippen LogP contribution is 2.35. The Kier molecular flexibility index (Phi) is 5.02. The first kappa shape index (κ1) is 16.7. The predicted molar refractivity (Wildman–Crippen MR) is 88.7 cm³/mol. The fourth-order valence-corrected chi connectivity index (χ4v) is 3.10. The van der Waals surface area contributed by atoms with Gasteiger partial charge >= 0.3 is 5.97 Å². The maximum atomic E-state index is 14.4. The fourth-order valence-electron chi connectivity index (χ4n) is 2.83. The van der Waals surface area contributed by atoms with Crippen LogP contribution >= 0.6 is 11.6 Å². The summed E-state index contributed by atoms with van der Waals surface area (Å²) in [5.74, 6) is -1.85. The molecule has 1 aliphatic rings. The molecule has 4 nitrogen and oxygen atoms in total. The Bertz CT molecular complexity index is 715. The van der Waals surface area contributed by atoms with Crippen LogP contribution in [-0.4, -0.2) is 17.6 Å². The summed E-state index contributed by atoms with van der Waals surface area (Å²) in [5, 5.41) is 12.3. The van der Waals surface area contributed by atoms with Gasteiger partial charge in [-0.2, -0.15) is 0 Å². The Hall–Kier alpha value is -2.11. The molecule has 1 saturated heterocycles. The molecule has 2 aromatic carbocycles. The van der Waals surface area contributed by atoms with E-state index in [4.69, 9.17) is 21.4 Å². The smallest absolute Gasteiger partial charge is 0.307 e. The number of benzene rings is 2. The molecule has 0 bridgehead atoms. The quantitative estimate of drug-likeness (QED) is 0.862. The lowest BCUT2D eigenvalue weighted by atomic mass is 10.00. The topological polar surface area (TPSA) is 58.6 Å². The van der Waals surface area contributed by atoms with Crippen LogP contribution in [0, 0.1) is 11.7 Å². The Morgan fingerprint density at radius 1 is 1.33 bits per heavy atom. The number of carbonyl (C=O) groups is 1. The zero-order valence-electron chi connectivity index (χ0n) is 12.8. The average Bonchev–Trinajstić information content (AvgIpc) is 3.05. The van der Waals surface area contributed by atoms with Crippen molar-refractivity contribution in [1.82, 2.24) is 5.32 Å². The molecule has 0 aromatic heterocycles. The minimum absolute atomic E-state index is 0.0112. The molecule has 0 radical (unpaired) electrons. The van der Waals surface area contributed by atoms with Gasteiger partial charge in [0, 0.05) is 12.6 Å². The van der Waals surface area contributed by atoms with Crippen molar-refractivity contribution in [2.24, 2.45) is 5.92 Å². The minimum Gasteiger partial charge on any atom is -0.484 e. The van der Waals surface area contributed by atoms with Gasteiger partial charge in [-0.25, -0.2) is 4.39 Å². The third-order valence-electron chi connectivity index (χ3n) is 4.13.